The average Bonchev–Trinajstić information content (AvgIpc) is 3.06. The Balaban J connectivity index is 2.08. The summed E-state index contributed by atoms with van der Waals surface area (Å²) in [4.78, 5) is 16.3. The van der Waals surface area contributed by atoms with Gasteiger partial charge in [0.25, 0.3) is 5.91 Å². The van der Waals surface area contributed by atoms with E-state index in [1.54, 1.807) is 18.5 Å². The standard InChI is InChI=1S/C16H18N4O2S/c1-12-5-6-13(4-2-3-9-22-12)10-17-14(11-23)16(21)19-15-7-8-18-20-15/h2,4-8,10-11,23H,3,9H2,1H3,(H2,18,19,20,21)/b4-2+,12-5+,13-6+,14-11-,17-10-. The lowest BCUT2D eigenvalue weighted by Crippen LogP contribution is -2.13. The van der Waals surface area contributed by atoms with Gasteiger partial charge in [-0.1, -0.05) is 18.2 Å². The Kier molecular flexibility index (Phi) is 6.43. The predicted octanol–water partition coefficient (Wildman–Crippen LogP) is 3.00. The molecule has 0 spiro atoms. The number of carbonyl (C=O) groups excluding carboxylic acids is 1. The molecule has 0 saturated heterocycles. The smallest absolute Gasteiger partial charge is 0.275 e. The van der Waals surface area contributed by atoms with Crippen molar-refractivity contribution in [1.82, 2.24) is 10.2 Å². The van der Waals surface area contributed by atoms with Crippen LogP contribution in [-0.4, -0.2) is 28.9 Å². The lowest BCUT2D eigenvalue weighted by Gasteiger charge is -2.02. The normalized spacial score (nSPS) is 21.9. The fraction of sp³-hybridized carbons (Fsp3) is 0.188. The largest absolute Gasteiger partial charge is 0.498 e. The molecule has 1 aromatic heterocycles. The van der Waals surface area contributed by atoms with Crippen LogP contribution in [0.15, 0.2) is 64.0 Å². The molecule has 0 atom stereocenters. The second-order valence-electron chi connectivity index (χ2n) is 4.68. The molecule has 0 aliphatic carbocycles. The number of amides is 1. The van der Waals surface area contributed by atoms with Gasteiger partial charge in [-0.05, 0) is 30.4 Å². The van der Waals surface area contributed by atoms with Gasteiger partial charge in [0, 0.05) is 12.3 Å². The van der Waals surface area contributed by atoms with Crippen molar-refractivity contribution in [3.05, 3.63) is 59.0 Å². The Morgan fingerprint density at radius 1 is 1.52 bits per heavy atom. The topological polar surface area (TPSA) is 79.4 Å². The number of anilines is 1. The highest BCUT2D eigenvalue weighted by molar-refractivity contribution is 7.83. The van der Waals surface area contributed by atoms with E-state index in [0.717, 1.165) is 17.8 Å². The zero-order chi connectivity index (χ0) is 16.5. The van der Waals surface area contributed by atoms with Gasteiger partial charge in [-0.25, -0.2) is 4.99 Å². The molecular formula is C16H18N4O2S. The number of ether oxygens (including phenoxy) is 1. The van der Waals surface area contributed by atoms with E-state index in [9.17, 15) is 4.79 Å². The van der Waals surface area contributed by atoms with Gasteiger partial charge >= 0.3 is 0 Å². The van der Waals surface area contributed by atoms with Gasteiger partial charge in [-0.2, -0.15) is 5.10 Å². The van der Waals surface area contributed by atoms with E-state index in [1.165, 1.54) is 5.41 Å². The molecule has 2 N–H and O–H groups in total. The van der Waals surface area contributed by atoms with Crippen LogP contribution in [0.2, 0.25) is 0 Å². The van der Waals surface area contributed by atoms with Crippen LogP contribution in [0.25, 0.3) is 0 Å². The molecule has 0 fully saturated rings. The minimum absolute atomic E-state index is 0.189. The van der Waals surface area contributed by atoms with Crippen molar-refractivity contribution < 1.29 is 9.53 Å². The molecule has 120 valence electrons. The summed E-state index contributed by atoms with van der Waals surface area (Å²) in [7, 11) is 0. The summed E-state index contributed by atoms with van der Waals surface area (Å²) in [6.07, 6.45) is 11.7. The molecule has 2 rings (SSSR count). The summed E-state index contributed by atoms with van der Waals surface area (Å²) < 4.78 is 5.48. The second-order valence-corrected chi connectivity index (χ2v) is 4.94. The highest BCUT2D eigenvalue weighted by Crippen LogP contribution is 2.09. The first-order valence-electron chi connectivity index (χ1n) is 7.06. The summed E-state index contributed by atoms with van der Waals surface area (Å²) in [5.74, 6) is 0.958. The quantitative estimate of drug-likeness (QED) is 0.451. The monoisotopic (exact) mass is 330 g/mol. The fourth-order valence-corrected chi connectivity index (χ4v) is 1.90. The number of aromatic amines is 1. The Morgan fingerprint density at radius 2 is 2.39 bits per heavy atom. The van der Waals surface area contributed by atoms with Crippen molar-refractivity contribution in [3.8, 4) is 0 Å². The first-order chi connectivity index (χ1) is 11.2. The number of aromatic nitrogens is 2. The van der Waals surface area contributed by atoms with Crippen molar-refractivity contribution in [3.63, 3.8) is 0 Å². The number of nitrogens with zero attached hydrogens (tertiary/aromatic N) is 2. The Labute approximate surface area is 140 Å². The highest BCUT2D eigenvalue weighted by atomic mass is 32.1. The molecule has 1 aromatic rings. The van der Waals surface area contributed by atoms with Gasteiger partial charge < -0.3 is 10.1 Å². The molecule has 0 aromatic carbocycles. The maximum atomic E-state index is 12.1. The molecule has 7 heteroatoms. The highest BCUT2D eigenvalue weighted by Gasteiger charge is 2.08. The van der Waals surface area contributed by atoms with Crippen LogP contribution >= 0.6 is 12.6 Å². The number of hydrogen-bond acceptors (Lipinski definition) is 5. The van der Waals surface area contributed by atoms with Crippen molar-refractivity contribution in [1.29, 1.82) is 0 Å². The summed E-state index contributed by atoms with van der Waals surface area (Å²) in [5.41, 5.74) is 1.05. The molecule has 0 radical (unpaired) electrons. The molecule has 0 saturated carbocycles. The van der Waals surface area contributed by atoms with Crippen LogP contribution in [0.3, 0.4) is 0 Å². The van der Waals surface area contributed by atoms with Gasteiger partial charge in [0.1, 0.15) is 11.5 Å². The SMILES string of the molecule is C\C1=C/C=C(/C=N\C(=C/S)C(=O)Nc2ccn[nH]2)\C=C\CCO1. The van der Waals surface area contributed by atoms with Crippen LogP contribution in [-0.2, 0) is 9.53 Å². The summed E-state index contributed by atoms with van der Waals surface area (Å²) in [6.45, 7) is 2.54. The van der Waals surface area contributed by atoms with E-state index in [1.807, 2.05) is 31.2 Å². The molecule has 1 amide bonds. The summed E-state index contributed by atoms with van der Waals surface area (Å²) in [5, 5.41) is 10.4. The van der Waals surface area contributed by atoms with E-state index in [2.05, 4.69) is 33.1 Å². The molecule has 1 aliphatic heterocycles. The maximum Gasteiger partial charge on any atom is 0.275 e. The molecule has 0 unspecified atom stereocenters. The number of allylic oxidation sites excluding steroid dienone is 5. The van der Waals surface area contributed by atoms with Crippen LogP contribution in [0.4, 0.5) is 5.82 Å². The zero-order valence-corrected chi connectivity index (χ0v) is 13.6. The Hall–Kier alpha value is -2.54. The van der Waals surface area contributed by atoms with E-state index < -0.39 is 0 Å². The first-order valence-corrected chi connectivity index (χ1v) is 7.58. The lowest BCUT2D eigenvalue weighted by molar-refractivity contribution is -0.112. The van der Waals surface area contributed by atoms with Gasteiger partial charge in [0.2, 0.25) is 0 Å². The van der Waals surface area contributed by atoms with Crippen LogP contribution in [0.1, 0.15) is 13.3 Å². The number of nitrogens with one attached hydrogen (secondary N) is 2. The number of hydrogen-bond donors (Lipinski definition) is 3. The van der Waals surface area contributed by atoms with Gasteiger partial charge in [0.15, 0.2) is 0 Å². The number of aliphatic imine (C=N–C) groups is 1. The van der Waals surface area contributed by atoms with Crippen molar-refractivity contribution in [2.24, 2.45) is 4.99 Å². The number of H-pyrrole nitrogens is 1. The molecule has 1 aliphatic rings. The van der Waals surface area contributed by atoms with E-state index in [0.29, 0.717) is 12.4 Å². The van der Waals surface area contributed by atoms with E-state index >= 15 is 0 Å². The fourth-order valence-electron chi connectivity index (χ4n) is 1.72. The van der Waals surface area contributed by atoms with Gasteiger partial charge in [-0.3, -0.25) is 9.89 Å². The number of carbonyl (C=O) groups is 1. The lowest BCUT2D eigenvalue weighted by atomic mass is 10.2. The van der Waals surface area contributed by atoms with Crippen LogP contribution in [0, 0.1) is 0 Å². The second kappa shape index (κ2) is 8.79. The van der Waals surface area contributed by atoms with E-state index in [-0.39, 0.29) is 11.6 Å². The first kappa shape index (κ1) is 16.8. The molecular weight excluding hydrogens is 312 g/mol. The molecule has 0 bridgehead atoms. The maximum absolute atomic E-state index is 12.1. The zero-order valence-electron chi connectivity index (χ0n) is 12.7. The third kappa shape index (κ3) is 5.63. The number of thiol groups is 1. The van der Waals surface area contributed by atoms with Crippen molar-refractivity contribution in [2.75, 3.05) is 11.9 Å². The Bertz CT molecular complexity index is 685. The average molecular weight is 330 g/mol. The molecule has 2 heterocycles. The van der Waals surface area contributed by atoms with Crippen molar-refractivity contribution >= 4 is 30.6 Å². The molecule has 23 heavy (non-hydrogen) atoms. The summed E-state index contributed by atoms with van der Waals surface area (Å²) >= 11 is 4.04. The Morgan fingerprint density at radius 3 is 3.13 bits per heavy atom. The minimum atomic E-state index is -0.372. The number of rotatable bonds is 4. The van der Waals surface area contributed by atoms with Gasteiger partial charge in [-0.15, -0.1) is 12.6 Å². The minimum Gasteiger partial charge on any atom is -0.498 e. The summed E-state index contributed by atoms with van der Waals surface area (Å²) in [6, 6.07) is 1.65. The van der Waals surface area contributed by atoms with Crippen LogP contribution in [0.5, 0.6) is 0 Å². The van der Waals surface area contributed by atoms with Gasteiger partial charge in [0.05, 0.1) is 18.6 Å². The molecule has 6 nitrogen and oxygen atoms in total. The third-order valence-corrected chi connectivity index (χ3v) is 3.14. The predicted molar refractivity (Wildman–Crippen MR) is 94.3 cm³/mol. The van der Waals surface area contributed by atoms with Crippen LogP contribution < -0.4 is 5.32 Å². The van der Waals surface area contributed by atoms with E-state index in [4.69, 9.17) is 4.74 Å². The van der Waals surface area contributed by atoms with Crippen molar-refractivity contribution in [2.45, 2.75) is 13.3 Å². The third-order valence-electron chi connectivity index (χ3n) is 2.89.